The Morgan fingerprint density at radius 3 is 2.59 bits per heavy atom. The lowest BCUT2D eigenvalue weighted by molar-refractivity contribution is 0.105. The molecule has 0 saturated carbocycles. The molecule has 1 heterocycles. The summed E-state index contributed by atoms with van der Waals surface area (Å²) in [6.07, 6.45) is 1.24. The molecular weight excluding hydrogens is 232 g/mol. The Morgan fingerprint density at radius 1 is 1.47 bits per heavy atom. The van der Waals surface area contributed by atoms with E-state index in [1.807, 2.05) is 24.3 Å². The van der Waals surface area contributed by atoms with Crippen LogP contribution in [0.4, 0.5) is 5.69 Å². The van der Waals surface area contributed by atoms with E-state index in [0.717, 1.165) is 24.3 Å². The zero-order valence-corrected chi connectivity index (χ0v) is 11.0. The van der Waals surface area contributed by atoms with Gasteiger partial charge < -0.3 is 15.8 Å². The number of rotatable bonds is 3. The maximum absolute atomic E-state index is 5.60. The maximum Gasteiger partial charge on any atom is 0.103 e. The summed E-state index contributed by atoms with van der Waals surface area (Å²) < 4.78 is 5.60. The van der Waals surface area contributed by atoms with Crippen LogP contribution in [0.3, 0.4) is 0 Å². The molecule has 2 atom stereocenters. The predicted molar refractivity (Wildman–Crippen MR) is 74.4 cm³/mol. The van der Waals surface area contributed by atoms with Gasteiger partial charge in [-0.3, -0.25) is 0 Å². The number of thiocarbonyl (C=S) groups is 1. The van der Waals surface area contributed by atoms with Crippen LogP contribution >= 0.6 is 12.2 Å². The van der Waals surface area contributed by atoms with Gasteiger partial charge in [-0.1, -0.05) is 12.2 Å². The lowest BCUT2D eigenvalue weighted by atomic mass is 9.94. The SMILES string of the molecule is CC1OCCC1(C)Nc1ccc(C(N)=S)cc1. The molecule has 2 unspecified atom stereocenters. The maximum atomic E-state index is 5.60. The highest BCUT2D eigenvalue weighted by Crippen LogP contribution is 2.29. The number of nitrogens with two attached hydrogens (primary N) is 1. The molecule has 4 heteroatoms. The fourth-order valence-corrected chi connectivity index (χ4v) is 2.18. The van der Waals surface area contributed by atoms with Gasteiger partial charge in [-0.25, -0.2) is 0 Å². The highest BCUT2D eigenvalue weighted by atomic mass is 32.1. The van der Waals surface area contributed by atoms with E-state index < -0.39 is 0 Å². The van der Waals surface area contributed by atoms with E-state index in [2.05, 4.69) is 19.2 Å². The van der Waals surface area contributed by atoms with Gasteiger partial charge in [0.25, 0.3) is 0 Å². The second kappa shape index (κ2) is 4.63. The van der Waals surface area contributed by atoms with Gasteiger partial charge in [0.1, 0.15) is 4.99 Å². The molecule has 17 heavy (non-hydrogen) atoms. The normalized spacial score (nSPS) is 28.0. The molecule has 92 valence electrons. The summed E-state index contributed by atoms with van der Waals surface area (Å²) >= 11 is 4.93. The molecule has 1 aromatic rings. The third-order valence-electron chi connectivity index (χ3n) is 3.49. The van der Waals surface area contributed by atoms with Crippen molar-refractivity contribution in [3.8, 4) is 0 Å². The smallest absolute Gasteiger partial charge is 0.103 e. The Balaban J connectivity index is 2.11. The molecule has 2 rings (SSSR count). The fourth-order valence-electron chi connectivity index (χ4n) is 2.05. The summed E-state index contributed by atoms with van der Waals surface area (Å²) in [5, 5.41) is 3.52. The number of anilines is 1. The van der Waals surface area contributed by atoms with Crippen molar-refractivity contribution in [3.63, 3.8) is 0 Å². The van der Waals surface area contributed by atoms with Crippen molar-refractivity contribution in [1.82, 2.24) is 0 Å². The van der Waals surface area contributed by atoms with Crippen LogP contribution in [-0.4, -0.2) is 23.2 Å². The van der Waals surface area contributed by atoms with E-state index in [4.69, 9.17) is 22.7 Å². The highest BCUT2D eigenvalue weighted by Gasteiger charge is 2.36. The number of hydrogen-bond acceptors (Lipinski definition) is 3. The average molecular weight is 250 g/mol. The van der Waals surface area contributed by atoms with E-state index in [1.165, 1.54) is 0 Å². The Kier molecular flexibility index (Phi) is 3.35. The second-order valence-electron chi connectivity index (χ2n) is 4.75. The molecule has 0 spiro atoms. The summed E-state index contributed by atoms with van der Waals surface area (Å²) in [6, 6.07) is 7.89. The Bertz CT molecular complexity index is 418. The molecule has 0 amide bonds. The minimum Gasteiger partial charge on any atom is -0.389 e. The Hall–Kier alpha value is -1.13. The first-order valence-electron chi connectivity index (χ1n) is 5.81. The first-order valence-corrected chi connectivity index (χ1v) is 6.22. The first-order chi connectivity index (χ1) is 8.01. The van der Waals surface area contributed by atoms with Gasteiger partial charge in [0, 0.05) is 17.9 Å². The van der Waals surface area contributed by atoms with E-state index >= 15 is 0 Å². The molecule has 1 fully saturated rings. The number of nitrogens with one attached hydrogen (secondary N) is 1. The third-order valence-corrected chi connectivity index (χ3v) is 3.72. The van der Waals surface area contributed by atoms with Crippen molar-refractivity contribution in [2.45, 2.75) is 31.9 Å². The fraction of sp³-hybridized carbons (Fsp3) is 0.462. The summed E-state index contributed by atoms with van der Waals surface area (Å²) in [5.41, 5.74) is 7.54. The molecule has 3 nitrogen and oxygen atoms in total. The van der Waals surface area contributed by atoms with Crippen LogP contribution in [0, 0.1) is 0 Å². The van der Waals surface area contributed by atoms with Crippen LogP contribution in [0.5, 0.6) is 0 Å². The number of benzene rings is 1. The van der Waals surface area contributed by atoms with Crippen molar-refractivity contribution in [2.24, 2.45) is 5.73 Å². The van der Waals surface area contributed by atoms with E-state index in [-0.39, 0.29) is 11.6 Å². The van der Waals surface area contributed by atoms with E-state index in [1.54, 1.807) is 0 Å². The topological polar surface area (TPSA) is 47.3 Å². The largest absolute Gasteiger partial charge is 0.389 e. The zero-order chi connectivity index (χ0) is 12.5. The zero-order valence-electron chi connectivity index (χ0n) is 10.2. The van der Waals surface area contributed by atoms with Gasteiger partial charge in [0.15, 0.2) is 0 Å². The van der Waals surface area contributed by atoms with Gasteiger partial charge in [-0.2, -0.15) is 0 Å². The molecule has 1 aliphatic rings. The molecule has 1 aromatic carbocycles. The van der Waals surface area contributed by atoms with Crippen LogP contribution in [0.15, 0.2) is 24.3 Å². The van der Waals surface area contributed by atoms with Crippen molar-refractivity contribution in [1.29, 1.82) is 0 Å². The monoisotopic (exact) mass is 250 g/mol. The van der Waals surface area contributed by atoms with Crippen molar-refractivity contribution in [3.05, 3.63) is 29.8 Å². The third kappa shape index (κ3) is 2.58. The van der Waals surface area contributed by atoms with Crippen molar-refractivity contribution in [2.75, 3.05) is 11.9 Å². The molecule has 0 radical (unpaired) electrons. The molecule has 3 N–H and O–H groups in total. The summed E-state index contributed by atoms with van der Waals surface area (Å²) in [7, 11) is 0. The average Bonchev–Trinajstić information content (AvgIpc) is 2.60. The molecule has 1 aliphatic heterocycles. The minimum absolute atomic E-state index is 0.00470. The van der Waals surface area contributed by atoms with Crippen LogP contribution in [0.2, 0.25) is 0 Å². The predicted octanol–water partition coefficient (Wildman–Crippen LogP) is 2.30. The van der Waals surface area contributed by atoms with Crippen LogP contribution in [0.1, 0.15) is 25.8 Å². The Labute approximate surface area is 107 Å². The van der Waals surface area contributed by atoms with Crippen LogP contribution < -0.4 is 11.1 Å². The quantitative estimate of drug-likeness (QED) is 0.808. The molecule has 0 aliphatic carbocycles. The number of hydrogen-bond donors (Lipinski definition) is 2. The summed E-state index contributed by atoms with van der Waals surface area (Å²) in [4.78, 5) is 0.431. The lowest BCUT2D eigenvalue weighted by Crippen LogP contribution is -2.41. The number of ether oxygens (including phenoxy) is 1. The van der Waals surface area contributed by atoms with Gasteiger partial charge in [0.05, 0.1) is 11.6 Å². The second-order valence-corrected chi connectivity index (χ2v) is 5.19. The Morgan fingerprint density at radius 2 is 2.12 bits per heavy atom. The summed E-state index contributed by atoms with van der Waals surface area (Å²) in [6.45, 7) is 5.10. The molecular formula is C13H18N2OS. The lowest BCUT2D eigenvalue weighted by Gasteiger charge is -2.30. The van der Waals surface area contributed by atoms with Gasteiger partial charge in [-0.05, 0) is 44.5 Å². The van der Waals surface area contributed by atoms with Gasteiger partial charge in [-0.15, -0.1) is 0 Å². The highest BCUT2D eigenvalue weighted by molar-refractivity contribution is 7.80. The van der Waals surface area contributed by atoms with Crippen molar-refractivity contribution < 1.29 is 4.74 Å². The molecule has 1 saturated heterocycles. The van der Waals surface area contributed by atoms with Crippen LogP contribution in [0.25, 0.3) is 0 Å². The van der Waals surface area contributed by atoms with E-state index in [0.29, 0.717) is 4.99 Å². The van der Waals surface area contributed by atoms with Gasteiger partial charge in [0.2, 0.25) is 0 Å². The van der Waals surface area contributed by atoms with E-state index in [9.17, 15) is 0 Å². The summed E-state index contributed by atoms with van der Waals surface area (Å²) in [5.74, 6) is 0. The standard InChI is InChI=1S/C13H18N2OS/c1-9-13(2,7-8-16-9)15-11-5-3-10(4-6-11)12(14)17/h3-6,9,15H,7-8H2,1-2H3,(H2,14,17). The molecule has 0 aromatic heterocycles. The van der Waals surface area contributed by atoms with Crippen molar-refractivity contribution >= 4 is 22.9 Å². The first kappa shape index (κ1) is 12.3. The molecule has 0 bridgehead atoms. The minimum atomic E-state index is 0.00470. The van der Waals surface area contributed by atoms with Gasteiger partial charge >= 0.3 is 0 Å². The van der Waals surface area contributed by atoms with Crippen LogP contribution in [-0.2, 0) is 4.74 Å².